The van der Waals surface area contributed by atoms with Gasteiger partial charge < -0.3 is 0 Å². The van der Waals surface area contributed by atoms with Gasteiger partial charge >= 0.3 is 0 Å². The molecule has 0 radical (unpaired) electrons. The van der Waals surface area contributed by atoms with Crippen LogP contribution in [-0.4, -0.2) is 24.3 Å². The van der Waals surface area contributed by atoms with Crippen molar-refractivity contribution in [1.29, 1.82) is 0 Å². The summed E-state index contributed by atoms with van der Waals surface area (Å²) in [6.45, 7) is 1.11. The highest BCUT2D eigenvalue weighted by Gasteiger charge is 2.11. The van der Waals surface area contributed by atoms with Gasteiger partial charge in [-0.05, 0) is 52.8 Å². The Morgan fingerprint density at radius 1 is 1.37 bits per heavy atom. The predicted molar refractivity (Wildman–Crippen MR) is 84.1 cm³/mol. The summed E-state index contributed by atoms with van der Waals surface area (Å²) in [7, 11) is 1.93. The highest BCUT2D eigenvalue weighted by atomic mass is 79.9. The van der Waals surface area contributed by atoms with Gasteiger partial charge in [0.05, 0.1) is 15.2 Å². The SMILES string of the molecule is CN(CC(=O)c1ccc(Br)s1)Cc1cccc(Cl)c1. The van der Waals surface area contributed by atoms with Gasteiger partial charge in [0.15, 0.2) is 5.78 Å². The zero-order valence-electron chi connectivity index (χ0n) is 10.4. The third-order valence-corrected chi connectivity index (χ3v) is 4.50. The third kappa shape index (κ3) is 4.42. The number of likely N-dealkylation sites (N-methyl/N-ethyl adjacent to an activating group) is 1. The van der Waals surface area contributed by atoms with Crippen molar-refractivity contribution < 1.29 is 4.79 Å². The molecule has 0 saturated heterocycles. The number of carbonyl (C=O) groups excluding carboxylic acids is 1. The van der Waals surface area contributed by atoms with Crippen molar-refractivity contribution in [2.75, 3.05) is 13.6 Å². The van der Waals surface area contributed by atoms with Crippen molar-refractivity contribution in [3.63, 3.8) is 0 Å². The van der Waals surface area contributed by atoms with Crippen LogP contribution in [0.2, 0.25) is 5.02 Å². The van der Waals surface area contributed by atoms with E-state index in [1.54, 1.807) is 0 Å². The molecule has 0 unspecified atom stereocenters. The molecular formula is C14H13BrClNOS. The fraction of sp³-hybridized carbons (Fsp3) is 0.214. The van der Waals surface area contributed by atoms with Crippen molar-refractivity contribution in [2.24, 2.45) is 0 Å². The van der Waals surface area contributed by atoms with Gasteiger partial charge in [0.2, 0.25) is 0 Å². The Balaban J connectivity index is 1.94. The van der Waals surface area contributed by atoms with Crippen LogP contribution in [0.3, 0.4) is 0 Å². The molecule has 5 heteroatoms. The molecule has 0 aliphatic heterocycles. The second-order valence-electron chi connectivity index (χ2n) is 4.33. The molecule has 0 spiro atoms. The largest absolute Gasteiger partial charge is 0.295 e. The molecule has 0 fully saturated rings. The zero-order valence-corrected chi connectivity index (χ0v) is 13.6. The lowest BCUT2D eigenvalue weighted by atomic mass is 10.2. The Labute approximate surface area is 130 Å². The van der Waals surface area contributed by atoms with Crippen LogP contribution in [0.25, 0.3) is 0 Å². The molecule has 2 aromatic rings. The van der Waals surface area contributed by atoms with E-state index >= 15 is 0 Å². The Hall–Kier alpha value is -0.680. The summed E-state index contributed by atoms with van der Waals surface area (Å²) in [4.78, 5) is 14.8. The number of benzene rings is 1. The number of Topliss-reactive ketones (excluding diaryl/α,β-unsaturated/α-hetero) is 1. The van der Waals surface area contributed by atoms with Gasteiger partial charge in [-0.1, -0.05) is 23.7 Å². The summed E-state index contributed by atoms with van der Waals surface area (Å²) in [6.07, 6.45) is 0. The normalized spacial score (nSPS) is 10.9. The van der Waals surface area contributed by atoms with E-state index in [9.17, 15) is 4.79 Å². The number of thiophene rings is 1. The molecule has 100 valence electrons. The summed E-state index contributed by atoms with van der Waals surface area (Å²) < 4.78 is 0.980. The van der Waals surface area contributed by atoms with Crippen molar-refractivity contribution in [3.05, 3.63) is 55.6 Å². The maximum Gasteiger partial charge on any atom is 0.186 e. The smallest absolute Gasteiger partial charge is 0.186 e. The van der Waals surface area contributed by atoms with E-state index in [1.165, 1.54) is 11.3 Å². The lowest BCUT2D eigenvalue weighted by molar-refractivity contribution is 0.0947. The molecule has 0 aliphatic carbocycles. The molecule has 1 heterocycles. The van der Waals surface area contributed by atoms with Crippen LogP contribution in [0.4, 0.5) is 0 Å². The summed E-state index contributed by atoms with van der Waals surface area (Å²) in [5.74, 6) is 0.139. The van der Waals surface area contributed by atoms with Gasteiger partial charge in [-0.15, -0.1) is 11.3 Å². The second-order valence-corrected chi connectivity index (χ2v) is 7.23. The zero-order chi connectivity index (χ0) is 13.8. The fourth-order valence-corrected chi connectivity index (χ4v) is 3.32. The maximum atomic E-state index is 12.0. The average Bonchev–Trinajstić information content (AvgIpc) is 2.75. The van der Waals surface area contributed by atoms with Gasteiger partial charge in [0, 0.05) is 11.6 Å². The summed E-state index contributed by atoms with van der Waals surface area (Å²) in [5.41, 5.74) is 1.11. The van der Waals surface area contributed by atoms with Gasteiger partial charge in [-0.25, -0.2) is 0 Å². The standard InChI is InChI=1S/C14H13BrClNOS/c1-17(8-10-3-2-4-11(16)7-10)9-12(18)13-5-6-14(15)19-13/h2-7H,8-9H2,1H3. The van der Waals surface area contributed by atoms with E-state index in [-0.39, 0.29) is 5.78 Å². The summed E-state index contributed by atoms with van der Waals surface area (Å²) in [5, 5.41) is 0.722. The number of nitrogens with zero attached hydrogens (tertiary/aromatic N) is 1. The van der Waals surface area contributed by atoms with Crippen LogP contribution in [-0.2, 0) is 6.54 Å². The van der Waals surface area contributed by atoms with Gasteiger partial charge in [0.1, 0.15) is 0 Å². The highest BCUT2D eigenvalue weighted by Crippen LogP contribution is 2.22. The molecule has 1 aromatic carbocycles. The van der Waals surface area contributed by atoms with Crippen molar-refractivity contribution in [2.45, 2.75) is 6.54 Å². The summed E-state index contributed by atoms with van der Waals surface area (Å²) in [6, 6.07) is 11.4. The lowest BCUT2D eigenvalue weighted by Gasteiger charge is -2.15. The molecule has 0 bridgehead atoms. The molecule has 1 aromatic heterocycles. The minimum absolute atomic E-state index is 0.139. The number of halogens is 2. The Bertz CT molecular complexity index is 584. The molecule has 2 nitrogen and oxygen atoms in total. The second kappa shape index (κ2) is 6.66. The van der Waals surface area contributed by atoms with E-state index in [0.717, 1.165) is 19.2 Å². The Morgan fingerprint density at radius 3 is 2.79 bits per heavy atom. The van der Waals surface area contributed by atoms with E-state index in [4.69, 9.17) is 11.6 Å². The Morgan fingerprint density at radius 2 is 2.16 bits per heavy atom. The van der Waals surface area contributed by atoms with Crippen LogP contribution < -0.4 is 0 Å². The molecule has 19 heavy (non-hydrogen) atoms. The average molecular weight is 359 g/mol. The topological polar surface area (TPSA) is 20.3 Å². The van der Waals surface area contributed by atoms with E-state index in [2.05, 4.69) is 15.9 Å². The van der Waals surface area contributed by atoms with Crippen molar-refractivity contribution >= 4 is 44.7 Å². The number of rotatable bonds is 5. The van der Waals surface area contributed by atoms with Crippen LogP contribution in [0.15, 0.2) is 40.2 Å². The molecule has 0 atom stereocenters. The number of hydrogen-bond donors (Lipinski definition) is 0. The van der Waals surface area contributed by atoms with E-state index < -0.39 is 0 Å². The number of hydrogen-bond acceptors (Lipinski definition) is 3. The minimum atomic E-state index is 0.139. The van der Waals surface area contributed by atoms with Crippen LogP contribution in [0.1, 0.15) is 15.2 Å². The van der Waals surface area contributed by atoms with Crippen molar-refractivity contribution in [1.82, 2.24) is 4.90 Å². The third-order valence-electron chi connectivity index (χ3n) is 2.60. The highest BCUT2D eigenvalue weighted by molar-refractivity contribution is 9.11. The first-order chi connectivity index (χ1) is 9.04. The molecule has 2 rings (SSSR count). The van der Waals surface area contributed by atoms with Crippen LogP contribution >= 0.6 is 38.9 Å². The molecule has 0 N–H and O–H groups in total. The number of carbonyl (C=O) groups is 1. The fourth-order valence-electron chi connectivity index (χ4n) is 1.79. The predicted octanol–water partition coefficient (Wildman–Crippen LogP) is 4.48. The Kier molecular flexibility index (Phi) is 5.16. The number of ketones is 1. The minimum Gasteiger partial charge on any atom is -0.295 e. The van der Waals surface area contributed by atoms with E-state index in [1.807, 2.05) is 48.3 Å². The quantitative estimate of drug-likeness (QED) is 0.735. The van der Waals surface area contributed by atoms with Crippen molar-refractivity contribution in [3.8, 4) is 0 Å². The molecule has 0 amide bonds. The van der Waals surface area contributed by atoms with Crippen LogP contribution in [0.5, 0.6) is 0 Å². The lowest BCUT2D eigenvalue weighted by Crippen LogP contribution is -2.25. The first kappa shape index (κ1) is 14.7. The molecule has 0 aliphatic rings. The van der Waals surface area contributed by atoms with Gasteiger partial charge in [0.25, 0.3) is 0 Å². The monoisotopic (exact) mass is 357 g/mol. The van der Waals surface area contributed by atoms with E-state index in [0.29, 0.717) is 13.1 Å². The summed E-state index contributed by atoms with van der Waals surface area (Å²) >= 11 is 10.8. The van der Waals surface area contributed by atoms with Gasteiger partial charge in [-0.2, -0.15) is 0 Å². The first-order valence-electron chi connectivity index (χ1n) is 5.76. The van der Waals surface area contributed by atoms with Gasteiger partial charge in [-0.3, -0.25) is 9.69 Å². The molecular weight excluding hydrogens is 346 g/mol. The first-order valence-corrected chi connectivity index (χ1v) is 7.75. The molecule has 0 saturated carbocycles. The maximum absolute atomic E-state index is 12.0. The van der Waals surface area contributed by atoms with Crippen LogP contribution in [0, 0.1) is 0 Å².